The van der Waals surface area contributed by atoms with Gasteiger partial charge in [0.2, 0.25) is 0 Å². The van der Waals surface area contributed by atoms with Crippen molar-refractivity contribution in [2.45, 2.75) is 6.42 Å². The Balaban J connectivity index is 2.07. The molecule has 6 nitrogen and oxygen atoms in total. The van der Waals surface area contributed by atoms with E-state index in [0.717, 1.165) is 5.56 Å². The van der Waals surface area contributed by atoms with Crippen molar-refractivity contribution < 1.29 is 4.84 Å². The normalized spacial score (nSPS) is 9.82. The second-order valence-corrected chi connectivity index (χ2v) is 4.60. The molecular weight excluding hydrogens is 278 g/mol. The number of para-hydroxylation sites is 1. The second-order valence-electron chi connectivity index (χ2n) is 4.60. The van der Waals surface area contributed by atoms with E-state index >= 15 is 0 Å². The highest BCUT2D eigenvalue weighted by Crippen LogP contribution is 2.12. The monoisotopic (exact) mass is 297 g/mol. The fourth-order valence-corrected chi connectivity index (χ4v) is 1.86. The molecule has 2 aromatic rings. The molecule has 2 rings (SSSR count). The lowest BCUT2D eigenvalue weighted by Crippen LogP contribution is -2.37. The lowest BCUT2D eigenvalue weighted by atomic mass is 10.1. The maximum absolute atomic E-state index is 7.94. The van der Waals surface area contributed by atoms with Crippen molar-refractivity contribution in [1.82, 2.24) is 5.06 Å². The van der Waals surface area contributed by atoms with Gasteiger partial charge < -0.3 is 16.3 Å². The van der Waals surface area contributed by atoms with E-state index in [0.29, 0.717) is 18.7 Å². The minimum absolute atomic E-state index is 0.139. The fourth-order valence-electron chi connectivity index (χ4n) is 1.86. The highest BCUT2D eigenvalue weighted by Gasteiger charge is 2.12. The van der Waals surface area contributed by atoms with Gasteiger partial charge in [0, 0.05) is 0 Å². The first kappa shape index (κ1) is 15.4. The Labute approximate surface area is 129 Å². The van der Waals surface area contributed by atoms with Crippen LogP contribution in [0.5, 0.6) is 5.75 Å². The molecule has 0 heterocycles. The van der Waals surface area contributed by atoms with Crippen LogP contribution in [0.15, 0.2) is 65.7 Å². The Bertz CT molecular complexity index is 623. The van der Waals surface area contributed by atoms with E-state index < -0.39 is 0 Å². The van der Waals surface area contributed by atoms with Gasteiger partial charge in [-0.1, -0.05) is 48.5 Å². The van der Waals surface area contributed by atoms with E-state index in [9.17, 15) is 0 Å². The number of hydroxylamine groups is 2. The van der Waals surface area contributed by atoms with Gasteiger partial charge in [-0.05, 0) is 24.1 Å². The summed E-state index contributed by atoms with van der Waals surface area (Å²) in [6, 6.07) is 19.2. The predicted octanol–water partition coefficient (Wildman–Crippen LogP) is 1.73. The summed E-state index contributed by atoms with van der Waals surface area (Å²) in [5, 5.41) is 9.31. The fraction of sp³-hybridized carbons (Fsp3) is 0.125. The number of hydrogen-bond acceptors (Lipinski definition) is 2. The summed E-state index contributed by atoms with van der Waals surface area (Å²) >= 11 is 0. The lowest BCUT2D eigenvalue weighted by molar-refractivity contribution is 0.0176. The highest BCUT2D eigenvalue weighted by atomic mass is 16.7. The molecule has 0 radical (unpaired) electrons. The van der Waals surface area contributed by atoms with Gasteiger partial charge in [0.1, 0.15) is 0 Å². The van der Waals surface area contributed by atoms with Crippen molar-refractivity contribution in [3.8, 4) is 5.75 Å². The molecule has 0 amide bonds. The average Bonchev–Trinajstić information content (AvgIpc) is 2.52. The van der Waals surface area contributed by atoms with Crippen molar-refractivity contribution >= 4 is 11.9 Å². The average molecular weight is 297 g/mol. The van der Waals surface area contributed by atoms with Gasteiger partial charge in [-0.2, -0.15) is 10.1 Å². The number of benzene rings is 2. The molecule has 0 bridgehead atoms. The zero-order valence-corrected chi connectivity index (χ0v) is 12.1. The zero-order chi connectivity index (χ0) is 15.8. The van der Waals surface area contributed by atoms with Crippen LogP contribution in [0.1, 0.15) is 5.56 Å². The summed E-state index contributed by atoms with van der Waals surface area (Å²) in [5.41, 5.74) is 11.8. The number of aliphatic imine (C=N–C) groups is 1. The van der Waals surface area contributed by atoms with Crippen molar-refractivity contribution in [3.63, 3.8) is 0 Å². The molecule has 0 atom stereocenters. The van der Waals surface area contributed by atoms with E-state index in [1.54, 1.807) is 12.1 Å². The molecule has 0 aliphatic heterocycles. The van der Waals surface area contributed by atoms with Gasteiger partial charge in [-0.3, -0.25) is 5.41 Å². The van der Waals surface area contributed by atoms with Crippen LogP contribution in [-0.2, 0) is 6.42 Å². The first-order valence-corrected chi connectivity index (χ1v) is 6.88. The number of hydrogen-bond donors (Lipinski definition) is 3. The van der Waals surface area contributed by atoms with Crippen LogP contribution in [0.4, 0.5) is 0 Å². The molecule has 0 unspecified atom stereocenters. The van der Waals surface area contributed by atoms with Crippen LogP contribution >= 0.6 is 0 Å². The topological polar surface area (TPSA) is 101 Å². The SMILES string of the molecule is N=C(N=C(N)N)N(CCc1ccccc1)Oc1ccccc1. The third-order valence-electron chi connectivity index (χ3n) is 2.88. The van der Waals surface area contributed by atoms with Crippen LogP contribution in [0.25, 0.3) is 0 Å². The highest BCUT2D eigenvalue weighted by molar-refractivity contribution is 5.91. The molecule has 6 heteroatoms. The van der Waals surface area contributed by atoms with E-state index in [1.165, 1.54) is 5.06 Å². The van der Waals surface area contributed by atoms with Gasteiger partial charge in [0.25, 0.3) is 5.96 Å². The molecule has 22 heavy (non-hydrogen) atoms. The Kier molecular flexibility index (Phi) is 5.37. The van der Waals surface area contributed by atoms with E-state index in [1.807, 2.05) is 48.5 Å². The molecule has 5 N–H and O–H groups in total. The predicted molar refractivity (Wildman–Crippen MR) is 87.5 cm³/mol. The van der Waals surface area contributed by atoms with Crippen molar-refractivity contribution in [2.75, 3.05) is 6.54 Å². The number of rotatable bonds is 5. The Morgan fingerprint density at radius 2 is 1.59 bits per heavy atom. The minimum atomic E-state index is -0.175. The summed E-state index contributed by atoms with van der Waals surface area (Å²) in [5.74, 6) is 0.303. The van der Waals surface area contributed by atoms with Crippen LogP contribution < -0.4 is 16.3 Å². The summed E-state index contributed by atoms with van der Waals surface area (Å²) in [4.78, 5) is 9.43. The second kappa shape index (κ2) is 7.68. The largest absolute Gasteiger partial charge is 0.377 e. The van der Waals surface area contributed by atoms with E-state index in [4.69, 9.17) is 21.7 Å². The maximum Gasteiger partial charge on any atom is 0.254 e. The molecule has 0 saturated heterocycles. The Morgan fingerprint density at radius 3 is 2.18 bits per heavy atom. The molecule has 114 valence electrons. The molecular formula is C16H19N5O. The van der Waals surface area contributed by atoms with Gasteiger partial charge in [0.15, 0.2) is 11.7 Å². The van der Waals surface area contributed by atoms with Crippen LogP contribution in [0, 0.1) is 5.41 Å². The van der Waals surface area contributed by atoms with Gasteiger partial charge >= 0.3 is 0 Å². The van der Waals surface area contributed by atoms with Crippen molar-refractivity contribution in [3.05, 3.63) is 66.2 Å². The van der Waals surface area contributed by atoms with Gasteiger partial charge in [-0.15, -0.1) is 0 Å². The summed E-state index contributed by atoms with van der Waals surface area (Å²) in [6.45, 7) is 0.453. The quantitative estimate of drug-likeness (QED) is 0.444. The number of nitrogens with zero attached hydrogens (tertiary/aromatic N) is 2. The summed E-state index contributed by atoms with van der Waals surface area (Å²) in [7, 11) is 0. The van der Waals surface area contributed by atoms with Crippen LogP contribution in [-0.4, -0.2) is 23.5 Å². The van der Waals surface area contributed by atoms with Crippen LogP contribution in [0.3, 0.4) is 0 Å². The number of nitrogens with two attached hydrogens (primary N) is 2. The molecule has 0 aliphatic carbocycles. The molecule has 2 aromatic carbocycles. The van der Waals surface area contributed by atoms with Gasteiger partial charge in [-0.25, -0.2) is 0 Å². The first-order chi connectivity index (χ1) is 10.6. The Hall–Kier alpha value is -3.02. The van der Waals surface area contributed by atoms with E-state index in [2.05, 4.69) is 4.99 Å². The third kappa shape index (κ3) is 4.82. The number of guanidine groups is 2. The molecule has 0 saturated carbocycles. The van der Waals surface area contributed by atoms with Crippen LogP contribution in [0.2, 0.25) is 0 Å². The van der Waals surface area contributed by atoms with Gasteiger partial charge in [0.05, 0.1) is 6.54 Å². The standard InChI is InChI=1S/C16H19N5O/c17-15(18)20-16(19)21(22-14-9-5-2-6-10-14)12-11-13-7-3-1-4-8-13/h1-10H,11-12H2,(H5,17,18,19,20). The van der Waals surface area contributed by atoms with E-state index in [-0.39, 0.29) is 11.9 Å². The molecule has 0 aromatic heterocycles. The molecule has 0 aliphatic rings. The van der Waals surface area contributed by atoms with Crippen molar-refractivity contribution in [1.29, 1.82) is 5.41 Å². The minimum Gasteiger partial charge on any atom is -0.377 e. The first-order valence-electron chi connectivity index (χ1n) is 6.88. The molecule has 0 fully saturated rings. The maximum atomic E-state index is 7.94. The number of nitrogens with one attached hydrogen (secondary N) is 1. The van der Waals surface area contributed by atoms with Crippen molar-refractivity contribution in [2.24, 2.45) is 16.5 Å². The summed E-state index contributed by atoms with van der Waals surface area (Å²) < 4.78 is 0. The third-order valence-corrected chi connectivity index (χ3v) is 2.88. The lowest BCUT2D eigenvalue weighted by Gasteiger charge is -2.22. The zero-order valence-electron chi connectivity index (χ0n) is 12.1. The summed E-state index contributed by atoms with van der Waals surface area (Å²) in [6.07, 6.45) is 0.704. The molecule has 0 spiro atoms. The Morgan fingerprint density at radius 1 is 1.00 bits per heavy atom. The smallest absolute Gasteiger partial charge is 0.254 e.